The van der Waals surface area contributed by atoms with Crippen molar-refractivity contribution in [1.82, 2.24) is 14.9 Å². The van der Waals surface area contributed by atoms with Gasteiger partial charge in [0.05, 0.1) is 16.6 Å². The number of rotatable bonds is 4. The number of hydrogen-bond donors (Lipinski definition) is 2. The summed E-state index contributed by atoms with van der Waals surface area (Å²) < 4.78 is 1.61. The predicted octanol–water partition coefficient (Wildman–Crippen LogP) is 4.94. The second kappa shape index (κ2) is 8.26. The zero-order chi connectivity index (χ0) is 21.3. The van der Waals surface area contributed by atoms with Crippen LogP contribution in [0.4, 0.5) is 0 Å². The predicted molar refractivity (Wildman–Crippen MR) is 122 cm³/mol. The number of aromatic nitrogens is 2. The third-order valence-corrected chi connectivity index (χ3v) is 5.32. The van der Waals surface area contributed by atoms with Crippen LogP contribution < -0.4 is 10.9 Å². The van der Waals surface area contributed by atoms with Crippen molar-refractivity contribution >= 4 is 40.6 Å². The van der Waals surface area contributed by atoms with Crippen LogP contribution in [0.15, 0.2) is 71.5 Å². The first kappa shape index (κ1) is 20.1. The molecule has 0 saturated heterocycles. The molecule has 1 amide bonds. The van der Waals surface area contributed by atoms with Gasteiger partial charge in [-0.3, -0.25) is 14.2 Å². The minimum Gasteiger partial charge on any atom is -0.348 e. The molecule has 1 heterocycles. The average Bonchev–Trinajstić information content (AvgIpc) is 2.73. The number of halogens is 1. The highest BCUT2D eigenvalue weighted by Gasteiger charge is 2.11. The van der Waals surface area contributed by atoms with Gasteiger partial charge in [-0.1, -0.05) is 47.5 Å². The molecule has 0 unspecified atom stereocenters. The van der Waals surface area contributed by atoms with Crippen molar-refractivity contribution in [2.24, 2.45) is 0 Å². The Hall–Kier alpha value is -3.22. The maximum atomic E-state index is 13.0. The topological polar surface area (TPSA) is 66.9 Å². The average molecular weight is 436 g/mol. The fourth-order valence-electron chi connectivity index (χ4n) is 3.20. The molecule has 0 aliphatic carbocycles. The van der Waals surface area contributed by atoms with E-state index in [-0.39, 0.29) is 16.2 Å². The van der Waals surface area contributed by atoms with E-state index in [0.29, 0.717) is 33.7 Å². The van der Waals surface area contributed by atoms with Crippen molar-refractivity contribution in [3.8, 4) is 5.69 Å². The van der Waals surface area contributed by atoms with Gasteiger partial charge in [-0.25, -0.2) is 0 Å². The standard InChI is InChI=1S/C23H18ClN3O2S/c1-14-5-7-15(8-6-14)13-25-21(28)16-3-2-4-18(11-16)27-22(29)19-10-9-17(24)12-20(19)26-23(27)30/h2-12H,13H2,1H3,(H,25,28)(H,26,30). The molecule has 7 heteroatoms. The number of nitrogens with one attached hydrogen (secondary N) is 2. The summed E-state index contributed by atoms with van der Waals surface area (Å²) in [5, 5.41) is 3.88. The van der Waals surface area contributed by atoms with E-state index in [1.54, 1.807) is 42.5 Å². The highest BCUT2D eigenvalue weighted by Crippen LogP contribution is 2.17. The second-order valence-corrected chi connectivity index (χ2v) is 7.80. The van der Waals surface area contributed by atoms with Crippen molar-refractivity contribution in [1.29, 1.82) is 0 Å². The van der Waals surface area contributed by atoms with E-state index < -0.39 is 0 Å². The molecule has 2 N–H and O–H groups in total. The van der Waals surface area contributed by atoms with Gasteiger partial charge < -0.3 is 10.3 Å². The molecule has 0 atom stereocenters. The molecule has 30 heavy (non-hydrogen) atoms. The van der Waals surface area contributed by atoms with Gasteiger partial charge in [0.2, 0.25) is 0 Å². The molecular weight excluding hydrogens is 418 g/mol. The van der Waals surface area contributed by atoms with E-state index in [1.165, 1.54) is 4.57 Å². The molecule has 0 fully saturated rings. The molecule has 0 aliphatic heterocycles. The van der Waals surface area contributed by atoms with Crippen LogP contribution in [0.3, 0.4) is 0 Å². The lowest BCUT2D eigenvalue weighted by molar-refractivity contribution is 0.0951. The third kappa shape index (κ3) is 4.06. The highest BCUT2D eigenvalue weighted by molar-refractivity contribution is 7.71. The summed E-state index contributed by atoms with van der Waals surface area (Å²) in [5.74, 6) is -0.229. The van der Waals surface area contributed by atoms with Gasteiger partial charge in [0.25, 0.3) is 11.5 Å². The molecule has 1 aromatic heterocycles. The van der Waals surface area contributed by atoms with Crippen LogP contribution in [0.2, 0.25) is 5.02 Å². The van der Waals surface area contributed by atoms with Crippen molar-refractivity contribution < 1.29 is 4.79 Å². The van der Waals surface area contributed by atoms with E-state index >= 15 is 0 Å². The zero-order valence-electron chi connectivity index (χ0n) is 16.1. The van der Waals surface area contributed by atoms with Gasteiger partial charge >= 0.3 is 0 Å². The molecule has 4 rings (SSSR count). The van der Waals surface area contributed by atoms with Crippen molar-refractivity contribution in [2.45, 2.75) is 13.5 Å². The van der Waals surface area contributed by atoms with Crippen molar-refractivity contribution in [2.75, 3.05) is 0 Å². The fourth-order valence-corrected chi connectivity index (χ4v) is 3.67. The highest BCUT2D eigenvalue weighted by atomic mass is 35.5. The van der Waals surface area contributed by atoms with Gasteiger partial charge in [0.1, 0.15) is 0 Å². The number of H-pyrrole nitrogens is 1. The summed E-state index contributed by atoms with van der Waals surface area (Å²) in [5.41, 5.74) is 3.43. The number of aromatic amines is 1. The Morgan fingerprint density at radius 3 is 2.63 bits per heavy atom. The number of fused-ring (bicyclic) bond motifs is 1. The number of nitrogens with zero attached hydrogens (tertiary/aromatic N) is 1. The maximum Gasteiger partial charge on any atom is 0.266 e. The Morgan fingerprint density at radius 2 is 1.87 bits per heavy atom. The number of hydrogen-bond acceptors (Lipinski definition) is 3. The normalized spacial score (nSPS) is 10.9. The molecule has 150 valence electrons. The lowest BCUT2D eigenvalue weighted by Crippen LogP contribution is -2.24. The van der Waals surface area contributed by atoms with E-state index in [0.717, 1.165) is 11.1 Å². The molecule has 0 bridgehead atoms. The maximum absolute atomic E-state index is 13.0. The fraction of sp³-hybridized carbons (Fsp3) is 0.0870. The van der Waals surface area contributed by atoms with Crippen LogP contribution >= 0.6 is 23.8 Å². The summed E-state index contributed by atoms with van der Waals surface area (Å²) in [6.45, 7) is 2.43. The molecule has 3 aromatic carbocycles. The quantitative estimate of drug-likeness (QED) is 0.446. The number of aryl methyl sites for hydroxylation is 1. The van der Waals surface area contributed by atoms with Crippen LogP contribution in [0.5, 0.6) is 0 Å². The minimum atomic E-state index is -0.275. The molecule has 4 aromatic rings. The van der Waals surface area contributed by atoms with Gasteiger partial charge in [0, 0.05) is 17.1 Å². The van der Waals surface area contributed by atoms with Crippen LogP contribution in [-0.4, -0.2) is 15.5 Å². The van der Waals surface area contributed by atoms with Gasteiger partial charge in [-0.05, 0) is 61.1 Å². The summed E-state index contributed by atoms with van der Waals surface area (Å²) in [7, 11) is 0. The molecule has 0 saturated carbocycles. The molecule has 5 nitrogen and oxygen atoms in total. The van der Waals surface area contributed by atoms with Crippen LogP contribution in [-0.2, 0) is 6.54 Å². The van der Waals surface area contributed by atoms with E-state index in [2.05, 4.69) is 10.3 Å². The Labute approximate surface area is 183 Å². The first-order valence-electron chi connectivity index (χ1n) is 9.31. The van der Waals surface area contributed by atoms with Gasteiger partial charge in [0.15, 0.2) is 4.77 Å². The van der Waals surface area contributed by atoms with Crippen molar-refractivity contribution in [3.05, 3.63) is 104 Å². The Balaban J connectivity index is 1.65. The Morgan fingerprint density at radius 1 is 1.10 bits per heavy atom. The second-order valence-electron chi connectivity index (χ2n) is 6.98. The summed E-state index contributed by atoms with van der Waals surface area (Å²) in [4.78, 5) is 28.7. The molecule has 0 radical (unpaired) electrons. The van der Waals surface area contributed by atoms with Gasteiger partial charge in [-0.2, -0.15) is 0 Å². The van der Waals surface area contributed by atoms with E-state index in [4.69, 9.17) is 23.8 Å². The molecule has 0 spiro atoms. The lowest BCUT2D eigenvalue weighted by atomic mass is 10.1. The van der Waals surface area contributed by atoms with Crippen LogP contribution in [0.25, 0.3) is 16.6 Å². The number of amides is 1. The third-order valence-electron chi connectivity index (χ3n) is 4.80. The summed E-state index contributed by atoms with van der Waals surface area (Å²) in [6.07, 6.45) is 0. The molecular formula is C23H18ClN3O2S. The minimum absolute atomic E-state index is 0.229. The number of carbonyl (C=O) groups excluding carboxylic acids is 1. The smallest absolute Gasteiger partial charge is 0.266 e. The van der Waals surface area contributed by atoms with Crippen molar-refractivity contribution in [3.63, 3.8) is 0 Å². The first-order valence-corrected chi connectivity index (χ1v) is 10.1. The van der Waals surface area contributed by atoms with E-state index in [1.807, 2.05) is 31.2 Å². The van der Waals surface area contributed by atoms with Gasteiger partial charge in [-0.15, -0.1) is 0 Å². The lowest BCUT2D eigenvalue weighted by Gasteiger charge is -2.11. The first-order chi connectivity index (χ1) is 14.4. The summed E-state index contributed by atoms with van der Waals surface area (Å²) >= 11 is 11.4. The number of carbonyl (C=O) groups is 1. The largest absolute Gasteiger partial charge is 0.348 e. The monoisotopic (exact) mass is 435 g/mol. The SMILES string of the molecule is Cc1ccc(CNC(=O)c2cccc(-n3c(=S)[nH]c4cc(Cl)ccc4c3=O)c2)cc1. The van der Waals surface area contributed by atoms with Crippen LogP contribution in [0.1, 0.15) is 21.5 Å². The van der Waals surface area contributed by atoms with E-state index in [9.17, 15) is 9.59 Å². The Bertz CT molecular complexity index is 1370. The number of benzene rings is 3. The Kier molecular flexibility index (Phi) is 5.53. The van der Waals surface area contributed by atoms with Crippen LogP contribution in [0, 0.1) is 11.7 Å². The molecule has 0 aliphatic rings. The summed E-state index contributed by atoms with van der Waals surface area (Å²) in [6, 6.07) is 19.7. The zero-order valence-corrected chi connectivity index (χ0v) is 17.7.